The van der Waals surface area contributed by atoms with Gasteiger partial charge in [-0.25, -0.2) is 0 Å². The van der Waals surface area contributed by atoms with E-state index in [0.29, 0.717) is 22.6 Å². The first-order valence-corrected chi connectivity index (χ1v) is 11.4. The molecule has 1 N–H and O–H groups in total. The highest BCUT2D eigenvalue weighted by atomic mass is 16.5. The number of aromatic nitrogens is 2. The van der Waals surface area contributed by atoms with Gasteiger partial charge < -0.3 is 10.1 Å². The van der Waals surface area contributed by atoms with Gasteiger partial charge in [-0.3, -0.25) is 19.7 Å². The molecule has 0 unspecified atom stereocenters. The van der Waals surface area contributed by atoms with Crippen molar-refractivity contribution in [1.29, 1.82) is 5.26 Å². The van der Waals surface area contributed by atoms with Gasteiger partial charge in [-0.2, -0.15) is 5.26 Å². The average molecular weight is 466 g/mol. The number of morpholine rings is 1. The summed E-state index contributed by atoms with van der Waals surface area (Å²) in [5.41, 5.74) is 5.56. The lowest BCUT2D eigenvalue weighted by molar-refractivity contribution is 0.0341. The molecule has 4 rings (SSSR count). The second-order valence-corrected chi connectivity index (χ2v) is 8.20. The lowest BCUT2D eigenvalue weighted by Gasteiger charge is -2.26. The molecule has 0 bridgehead atoms. The first-order valence-electron chi connectivity index (χ1n) is 11.4. The Morgan fingerprint density at radius 2 is 2.03 bits per heavy atom. The van der Waals surface area contributed by atoms with Gasteiger partial charge in [0.05, 0.1) is 24.5 Å². The maximum atomic E-state index is 12.9. The minimum absolute atomic E-state index is 0.284. The minimum atomic E-state index is -0.284. The number of carbonyl (C=O) groups is 1. The van der Waals surface area contributed by atoms with Gasteiger partial charge in [-0.1, -0.05) is 36.9 Å². The van der Waals surface area contributed by atoms with Crippen LogP contribution in [0.4, 0.5) is 5.69 Å². The first-order chi connectivity index (χ1) is 17.1. The third-order valence-corrected chi connectivity index (χ3v) is 5.92. The highest BCUT2D eigenvalue weighted by Gasteiger charge is 2.16. The van der Waals surface area contributed by atoms with Crippen LogP contribution in [-0.4, -0.2) is 47.1 Å². The van der Waals surface area contributed by atoms with E-state index in [2.05, 4.69) is 32.8 Å². The molecule has 176 valence electrons. The molecule has 35 heavy (non-hydrogen) atoms. The molecule has 1 aliphatic heterocycles. The molecule has 2 aromatic heterocycles. The van der Waals surface area contributed by atoms with Gasteiger partial charge in [0.1, 0.15) is 11.8 Å². The predicted octanol–water partition coefficient (Wildman–Crippen LogP) is 4.61. The number of allylic oxidation sites excluding steroid dienone is 2. The summed E-state index contributed by atoms with van der Waals surface area (Å²) in [6, 6.07) is 13.4. The quantitative estimate of drug-likeness (QED) is 0.513. The van der Waals surface area contributed by atoms with E-state index in [1.165, 1.54) is 0 Å². The molecule has 1 saturated heterocycles. The Kier molecular flexibility index (Phi) is 7.78. The second-order valence-electron chi connectivity index (χ2n) is 8.20. The molecule has 1 aromatic carbocycles. The Morgan fingerprint density at radius 1 is 1.20 bits per heavy atom. The fraction of sp³-hybridized carbons (Fsp3) is 0.214. The molecule has 0 saturated carbocycles. The Hall–Kier alpha value is -4.12. The van der Waals surface area contributed by atoms with E-state index in [9.17, 15) is 10.1 Å². The largest absolute Gasteiger partial charge is 0.379 e. The Morgan fingerprint density at radius 3 is 2.74 bits per heavy atom. The molecular weight excluding hydrogens is 438 g/mol. The lowest BCUT2D eigenvalue weighted by atomic mass is 9.95. The van der Waals surface area contributed by atoms with E-state index in [4.69, 9.17) is 4.74 Å². The maximum Gasteiger partial charge on any atom is 0.274 e. The molecule has 0 spiro atoms. The first kappa shape index (κ1) is 24.0. The molecule has 0 aliphatic carbocycles. The summed E-state index contributed by atoms with van der Waals surface area (Å²) in [6.07, 6.45) is 8.56. The van der Waals surface area contributed by atoms with Crippen LogP contribution in [0, 0.1) is 18.3 Å². The molecule has 0 atom stereocenters. The van der Waals surface area contributed by atoms with Crippen molar-refractivity contribution in [2.24, 2.45) is 0 Å². The lowest BCUT2D eigenvalue weighted by Crippen LogP contribution is -2.35. The van der Waals surface area contributed by atoms with E-state index in [1.807, 2.05) is 37.3 Å². The zero-order chi connectivity index (χ0) is 24.6. The van der Waals surface area contributed by atoms with Crippen molar-refractivity contribution in [3.05, 3.63) is 95.6 Å². The van der Waals surface area contributed by atoms with Crippen LogP contribution in [0.1, 0.15) is 32.9 Å². The molecule has 3 heterocycles. The van der Waals surface area contributed by atoms with Gasteiger partial charge in [0.25, 0.3) is 5.91 Å². The summed E-state index contributed by atoms with van der Waals surface area (Å²) in [5, 5.41) is 12.8. The van der Waals surface area contributed by atoms with E-state index in [-0.39, 0.29) is 5.91 Å². The van der Waals surface area contributed by atoms with Crippen LogP contribution in [0.3, 0.4) is 0 Å². The van der Waals surface area contributed by atoms with Gasteiger partial charge in [0.2, 0.25) is 0 Å². The SMILES string of the molecule is C=C/C=C/c1nccc(-c2cccc(NC(=O)c3ccc(CN4CCOCC4)cn3)c2C)c1C#N. The number of anilines is 1. The molecule has 1 amide bonds. The van der Waals surface area contributed by atoms with Crippen molar-refractivity contribution in [2.45, 2.75) is 13.5 Å². The zero-order valence-corrected chi connectivity index (χ0v) is 19.7. The van der Waals surface area contributed by atoms with Crippen molar-refractivity contribution < 1.29 is 9.53 Å². The number of nitrogens with one attached hydrogen (secondary N) is 1. The molecule has 0 radical (unpaired) electrons. The highest BCUT2D eigenvalue weighted by Crippen LogP contribution is 2.32. The summed E-state index contributed by atoms with van der Waals surface area (Å²) < 4.78 is 5.39. The van der Waals surface area contributed by atoms with E-state index < -0.39 is 0 Å². The van der Waals surface area contributed by atoms with Gasteiger partial charge in [0.15, 0.2) is 0 Å². The van der Waals surface area contributed by atoms with Gasteiger partial charge in [-0.05, 0) is 47.9 Å². The number of benzene rings is 1. The second kappa shape index (κ2) is 11.3. The van der Waals surface area contributed by atoms with Crippen LogP contribution in [-0.2, 0) is 11.3 Å². The number of pyridine rings is 2. The Bertz CT molecular complexity index is 1290. The number of ether oxygens (including phenoxy) is 1. The van der Waals surface area contributed by atoms with Crippen molar-refractivity contribution in [3.8, 4) is 17.2 Å². The van der Waals surface area contributed by atoms with Crippen LogP contribution in [0.5, 0.6) is 0 Å². The van der Waals surface area contributed by atoms with Gasteiger partial charge in [0, 0.05) is 43.3 Å². The Balaban J connectivity index is 1.54. The van der Waals surface area contributed by atoms with Crippen molar-refractivity contribution >= 4 is 17.7 Å². The van der Waals surface area contributed by atoms with Crippen LogP contribution in [0.25, 0.3) is 17.2 Å². The number of nitriles is 1. The van der Waals surface area contributed by atoms with Gasteiger partial charge >= 0.3 is 0 Å². The number of hydrogen-bond acceptors (Lipinski definition) is 6. The fourth-order valence-electron chi connectivity index (χ4n) is 4.02. The number of rotatable bonds is 7. The van der Waals surface area contributed by atoms with E-state index in [1.54, 1.807) is 36.7 Å². The smallest absolute Gasteiger partial charge is 0.274 e. The van der Waals surface area contributed by atoms with Crippen LogP contribution < -0.4 is 5.32 Å². The van der Waals surface area contributed by atoms with Crippen molar-refractivity contribution in [3.63, 3.8) is 0 Å². The summed E-state index contributed by atoms with van der Waals surface area (Å²) in [5.74, 6) is -0.284. The number of amides is 1. The minimum Gasteiger partial charge on any atom is -0.379 e. The van der Waals surface area contributed by atoms with Gasteiger partial charge in [-0.15, -0.1) is 0 Å². The predicted molar refractivity (Wildman–Crippen MR) is 137 cm³/mol. The molecule has 1 aliphatic rings. The molecule has 7 nitrogen and oxygen atoms in total. The van der Waals surface area contributed by atoms with Crippen molar-refractivity contribution in [1.82, 2.24) is 14.9 Å². The number of hydrogen-bond donors (Lipinski definition) is 1. The zero-order valence-electron chi connectivity index (χ0n) is 19.7. The van der Waals surface area contributed by atoms with Crippen LogP contribution >= 0.6 is 0 Å². The summed E-state index contributed by atoms with van der Waals surface area (Å²) in [6.45, 7) is 9.67. The molecule has 1 fully saturated rings. The number of carbonyl (C=O) groups excluding carboxylic acids is 1. The molecule has 7 heteroatoms. The standard InChI is InChI=1S/C28H27N5O2/c1-3-4-7-26-24(17-29)23(11-12-30-26)22-6-5-8-25(20(22)2)32-28(34)27-10-9-21(18-31-27)19-33-13-15-35-16-14-33/h3-12,18H,1,13-16,19H2,2H3,(H,32,34)/b7-4+. The summed E-state index contributed by atoms with van der Waals surface area (Å²) in [4.78, 5) is 23.9. The molecule has 3 aromatic rings. The summed E-state index contributed by atoms with van der Waals surface area (Å²) >= 11 is 0. The number of nitrogens with zero attached hydrogens (tertiary/aromatic N) is 4. The topological polar surface area (TPSA) is 91.1 Å². The maximum absolute atomic E-state index is 12.9. The van der Waals surface area contributed by atoms with Crippen LogP contribution in [0.2, 0.25) is 0 Å². The van der Waals surface area contributed by atoms with Crippen LogP contribution in [0.15, 0.2) is 67.5 Å². The third kappa shape index (κ3) is 5.69. The van der Waals surface area contributed by atoms with E-state index >= 15 is 0 Å². The van der Waals surface area contributed by atoms with Crippen molar-refractivity contribution in [2.75, 3.05) is 31.6 Å². The van der Waals surface area contributed by atoms with E-state index in [0.717, 1.165) is 55.1 Å². The highest BCUT2D eigenvalue weighted by molar-refractivity contribution is 6.03. The third-order valence-electron chi connectivity index (χ3n) is 5.92. The Labute approximate surface area is 205 Å². The average Bonchev–Trinajstić information content (AvgIpc) is 2.89. The monoisotopic (exact) mass is 465 g/mol. The fourth-order valence-corrected chi connectivity index (χ4v) is 4.02. The normalized spacial score (nSPS) is 13.9. The molecular formula is C28H27N5O2. The summed E-state index contributed by atoms with van der Waals surface area (Å²) in [7, 11) is 0.